The van der Waals surface area contributed by atoms with Gasteiger partial charge in [-0.15, -0.1) is 0 Å². The molecule has 1 N–H and O–H groups in total. The number of unbranched alkanes of at least 4 members (excludes halogenated alkanes) is 16. The number of hydrogen-bond acceptors (Lipinski definition) is 4. The van der Waals surface area contributed by atoms with Gasteiger partial charge >= 0.3 is 5.63 Å². The van der Waals surface area contributed by atoms with Crippen molar-refractivity contribution in [3.8, 4) is 11.5 Å². The zero-order valence-electron chi connectivity index (χ0n) is 26.2. The van der Waals surface area contributed by atoms with Crippen LogP contribution in [0, 0.1) is 5.92 Å². The van der Waals surface area contributed by atoms with Crippen LogP contribution in [0.1, 0.15) is 161 Å². The van der Waals surface area contributed by atoms with Gasteiger partial charge in [0.2, 0.25) is 0 Å². The van der Waals surface area contributed by atoms with Gasteiger partial charge in [0, 0.05) is 0 Å². The van der Waals surface area contributed by atoms with E-state index in [0.717, 1.165) is 36.6 Å². The van der Waals surface area contributed by atoms with E-state index in [2.05, 4.69) is 20.8 Å². The third kappa shape index (κ3) is 14.1. The van der Waals surface area contributed by atoms with Crippen molar-refractivity contribution in [2.75, 3.05) is 6.61 Å². The Labute approximate surface area is 245 Å². The van der Waals surface area contributed by atoms with Gasteiger partial charge in [-0.3, -0.25) is 0 Å². The van der Waals surface area contributed by atoms with E-state index in [1.807, 2.05) is 12.1 Å². The average molecular weight is 557 g/mol. The summed E-state index contributed by atoms with van der Waals surface area (Å²) < 4.78 is 11.7. The molecule has 4 heteroatoms. The first kappa shape index (κ1) is 34.2. The molecular weight excluding hydrogens is 496 g/mol. The van der Waals surface area contributed by atoms with Crippen LogP contribution in [-0.4, -0.2) is 11.7 Å². The molecule has 0 radical (unpaired) electrons. The molecule has 2 aromatic rings. The highest BCUT2D eigenvalue weighted by Gasteiger charge is 2.14. The second kappa shape index (κ2) is 21.7. The Morgan fingerprint density at radius 1 is 0.700 bits per heavy atom. The van der Waals surface area contributed by atoms with Gasteiger partial charge in [-0.1, -0.05) is 143 Å². The molecule has 0 amide bonds. The number of fused-ring (bicyclic) bond motifs is 1. The largest absolute Gasteiger partial charge is 0.507 e. The van der Waals surface area contributed by atoms with Gasteiger partial charge in [0.25, 0.3) is 0 Å². The molecule has 40 heavy (non-hydrogen) atoms. The Morgan fingerprint density at radius 3 is 1.80 bits per heavy atom. The topological polar surface area (TPSA) is 59.7 Å². The van der Waals surface area contributed by atoms with Crippen LogP contribution in [0.25, 0.3) is 11.0 Å². The van der Waals surface area contributed by atoms with Crippen molar-refractivity contribution >= 4 is 11.0 Å². The van der Waals surface area contributed by atoms with Crippen LogP contribution in [0.15, 0.2) is 27.4 Å². The normalized spacial score (nSPS) is 12.3. The first-order chi connectivity index (χ1) is 19.6. The van der Waals surface area contributed by atoms with Crippen LogP contribution < -0.4 is 10.4 Å². The molecule has 0 spiro atoms. The quantitative estimate of drug-likeness (QED) is 0.0976. The molecule has 0 saturated carbocycles. The van der Waals surface area contributed by atoms with Gasteiger partial charge < -0.3 is 14.3 Å². The Hall–Kier alpha value is -1.97. The first-order valence-electron chi connectivity index (χ1n) is 17.0. The molecule has 0 aliphatic heterocycles. The molecule has 2 rings (SSSR count). The minimum absolute atomic E-state index is 0.0422. The van der Waals surface area contributed by atoms with E-state index in [1.165, 1.54) is 122 Å². The van der Waals surface area contributed by atoms with E-state index >= 15 is 0 Å². The van der Waals surface area contributed by atoms with Gasteiger partial charge in [-0.25, -0.2) is 4.79 Å². The van der Waals surface area contributed by atoms with Crippen molar-refractivity contribution in [2.24, 2.45) is 5.92 Å². The summed E-state index contributed by atoms with van der Waals surface area (Å²) in [6.07, 6.45) is 28.6. The summed E-state index contributed by atoms with van der Waals surface area (Å²) in [5.41, 5.74) is 0.997. The maximum Gasteiger partial charge on any atom is 0.339 e. The molecule has 0 bridgehead atoms. The molecular formula is C36H60O4. The average Bonchev–Trinajstić information content (AvgIpc) is 2.95. The van der Waals surface area contributed by atoms with E-state index in [-0.39, 0.29) is 5.75 Å². The van der Waals surface area contributed by atoms with E-state index in [1.54, 1.807) is 0 Å². The third-order valence-corrected chi connectivity index (χ3v) is 8.52. The number of aromatic hydroxyl groups is 1. The molecule has 228 valence electrons. The Bertz CT molecular complexity index is 963. The Morgan fingerprint density at radius 2 is 1.25 bits per heavy atom. The smallest absolute Gasteiger partial charge is 0.339 e. The zero-order valence-corrected chi connectivity index (χ0v) is 26.2. The van der Waals surface area contributed by atoms with Gasteiger partial charge in [0.05, 0.1) is 18.1 Å². The van der Waals surface area contributed by atoms with E-state index in [4.69, 9.17) is 9.15 Å². The maximum absolute atomic E-state index is 11.8. The van der Waals surface area contributed by atoms with Crippen molar-refractivity contribution < 1.29 is 14.3 Å². The van der Waals surface area contributed by atoms with Crippen molar-refractivity contribution in [3.05, 3.63) is 34.2 Å². The predicted molar refractivity (Wildman–Crippen MR) is 171 cm³/mol. The van der Waals surface area contributed by atoms with Gasteiger partial charge in [-0.2, -0.15) is 0 Å². The highest BCUT2D eigenvalue weighted by atomic mass is 16.5. The number of ether oxygens (including phenoxy) is 1. The van der Waals surface area contributed by atoms with Crippen LogP contribution in [0.5, 0.6) is 11.5 Å². The standard InChI is InChI=1S/C36H60O4/c1-4-7-9-10-11-12-13-14-15-16-17-18-19-20-21-22-26-39-34-28-32-33(37)29-36(38)40-35(32)27-31(34)25-24-30(6-3)23-8-5-2/h27-30,37H,4-26H2,1-3H3. The number of benzene rings is 1. The third-order valence-electron chi connectivity index (χ3n) is 8.52. The SMILES string of the molecule is CCCCCCCCCCCCCCCCCCOc1cc2c(O)cc(=O)oc2cc1CCC(CC)CCCC. The molecule has 1 atom stereocenters. The lowest BCUT2D eigenvalue weighted by Gasteiger charge is -2.17. The fourth-order valence-corrected chi connectivity index (χ4v) is 5.78. The van der Waals surface area contributed by atoms with E-state index in [9.17, 15) is 9.90 Å². The zero-order chi connectivity index (χ0) is 28.8. The van der Waals surface area contributed by atoms with E-state index < -0.39 is 5.63 Å². The molecule has 0 fully saturated rings. The lowest BCUT2D eigenvalue weighted by atomic mass is 9.92. The second-order valence-electron chi connectivity index (χ2n) is 12.0. The van der Waals surface area contributed by atoms with E-state index in [0.29, 0.717) is 23.5 Å². The summed E-state index contributed by atoms with van der Waals surface area (Å²) in [5.74, 6) is 1.47. The summed E-state index contributed by atoms with van der Waals surface area (Å²) in [5, 5.41) is 10.9. The van der Waals surface area contributed by atoms with Gasteiger partial charge in [-0.05, 0) is 42.9 Å². The van der Waals surface area contributed by atoms with Gasteiger partial charge in [0.1, 0.15) is 17.1 Å². The minimum Gasteiger partial charge on any atom is -0.507 e. The van der Waals surface area contributed by atoms with Crippen LogP contribution in [0.3, 0.4) is 0 Å². The van der Waals surface area contributed by atoms with Crippen LogP contribution >= 0.6 is 0 Å². The van der Waals surface area contributed by atoms with Crippen molar-refractivity contribution in [3.63, 3.8) is 0 Å². The van der Waals surface area contributed by atoms with Crippen LogP contribution in [0.2, 0.25) is 0 Å². The van der Waals surface area contributed by atoms with Gasteiger partial charge in [0.15, 0.2) is 0 Å². The molecule has 1 aromatic carbocycles. The minimum atomic E-state index is -0.521. The molecule has 1 aromatic heterocycles. The Balaban J connectivity index is 1.68. The fraction of sp³-hybridized carbons (Fsp3) is 0.750. The van der Waals surface area contributed by atoms with Crippen LogP contribution in [0.4, 0.5) is 0 Å². The molecule has 4 nitrogen and oxygen atoms in total. The Kier molecular flexibility index (Phi) is 18.6. The summed E-state index contributed by atoms with van der Waals surface area (Å²) in [6.45, 7) is 7.48. The number of aryl methyl sites for hydroxylation is 1. The molecule has 1 unspecified atom stereocenters. The van der Waals surface area contributed by atoms with Crippen molar-refractivity contribution in [2.45, 2.75) is 162 Å². The lowest BCUT2D eigenvalue weighted by molar-refractivity contribution is 0.300. The first-order valence-corrected chi connectivity index (χ1v) is 17.0. The molecule has 1 heterocycles. The summed E-state index contributed by atoms with van der Waals surface area (Å²) >= 11 is 0. The second-order valence-corrected chi connectivity index (χ2v) is 12.0. The van der Waals surface area contributed by atoms with Crippen molar-refractivity contribution in [1.29, 1.82) is 0 Å². The highest BCUT2D eigenvalue weighted by Crippen LogP contribution is 2.32. The molecule has 0 aliphatic carbocycles. The molecule has 0 saturated heterocycles. The summed E-state index contributed by atoms with van der Waals surface area (Å²) in [6, 6.07) is 4.91. The number of rotatable bonds is 25. The predicted octanol–water partition coefficient (Wildman–Crippen LogP) is 11.3. The summed E-state index contributed by atoms with van der Waals surface area (Å²) in [4.78, 5) is 11.8. The number of hydrogen-bond donors (Lipinski definition) is 1. The monoisotopic (exact) mass is 556 g/mol. The lowest BCUT2D eigenvalue weighted by Crippen LogP contribution is -2.05. The van der Waals surface area contributed by atoms with Crippen LogP contribution in [-0.2, 0) is 6.42 Å². The van der Waals surface area contributed by atoms with Crippen molar-refractivity contribution in [1.82, 2.24) is 0 Å². The highest BCUT2D eigenvalue weighted by molar-refractivity contribution is 5.85. The molecule has 0 aliphatic rings. The summed E-state index contributed by atoms with van der Waals surface area (Å²) in [7, 11) is 0. The maximum atomic E-state index is 11.8. The fourth-order valence-electron chi connectivity index (χ4n) is 5.78.